The smallest absolute Gasteiger partial charge is 0.262 e. The Morgan fingerprint density at radius 1 is 1.22 bits per heavy atom. The van der Waals surface area contributed by atoms with Crippen molar-refractivity contribution in [3.8, 4) is 5.75 Å². The number of hydrogen-bond acceptors (Lipinski definition) is 5. The van der Waals surface area contributed by atoms with Crippen LogP contribution in [0.5, 0.6) is 5.75 Å². The van der Waals surface area contributed by atoms with Crippen LogP contribution in [-0.4, -0.2) is 28.3 Å². The molecule has 0 saturated heterocycles. The molecule has 1 saturated carbocycles. The fourth-order valence-corrected chi connectivity index (χ4v) is 3.81. The highest BCUT2D eigenvalue weighted by atomic mass is 32.2. The lowest BCUT2D eigenvalue weighted by atomic mass is 10.2. The Kier molecular flexibility index (Phi) is 4.85. The Balaban J connectivity index is 1.56. The van der Waals surface area contributed by atoms with E-state index in [1.54, 1.807) is 29.9 Å². The number of benzene rings is 2. The molecule has 0 atom stereocenters. The van der Waals surface area contributed by atoms with Crippen molar-refractivity contribution in [1.82, 2.24) is 9.55 Å². The standard InChI is InChI=1S/C20H19N3O3S/c1-26-17-9-5-4-8-16(17)21-18(24)12-27-20-22-15-7-3-2-6-14(15)19(25)23(20)13-10-11-13/h2-9,13H,10-12H2,1H3,(H,21,24). The number of para-hydroxylation sites is 3. The van der Waals surface area contributed by atoms with Crippen LogP contribution in [0.25, 0.3) is 10.9 Å². The summed E-state index contributed by atoms with van der Waals surface area (Å²) in [5, 5.41) is 4.06. The summed E-state index contributed by atoms with van der Waals surface area (Å²) < 4.78 is 6.99. The highest BCUT2D eigenvalue weighted by Crippen LogP contribution is 2.36. The number of amides is 1. The Morgan fingerprint density at radius 2 is 1.96 bits per heavy atom. The number of methoxy groups -OCH3 is 1. The van der Waals surface area contributed by atoms with Crippen molar-refractivity contribution in [3.63, 3.8) is 0 Å². The minimum atomic E-state index is -0.172. The molecule has 1 fully saturated rings. The number of anilines is 1. The van der Waals surface area contributed by atoms with Crippen molar-refractivity contribution in [2.45, 2.75) is 24.0 Å². The summed E-state index contributed by atoms with van der Waals surface area (Å²) in [5.74, 6) is 0.596. The van der Waals surface area contributed by atoms with E-state index in [-0.39, 0.29) is 23.3 Å². The van der Waals surface area contributed by atoms with Crippen LogP contribution >= 0.6 is 11.8 Å². The molecule has 7 heteroatoms. The molecule has 0 bridgehead atoms. The van der Waals surface area contributed by atoms with Crippen LogP contribution < -0.4 is 15.6 Å². The van der Waals surface area contributed by atoms with Gasteiger partial charge in [0, 0.05) is 6.04 Å². The molecule has 1 aliphatic carbocycles. The van der Waals surface area contributed by atoms with Gasteiger partial charge in [0.25, 0.3) is 5.56 Å². The van der Waals surface area contributed by atoms with Crippen LogP contribution in [0, 0.1) is 0 Å². The number of nitrogens with one attached hydrogen (secondary N) is 1. The summed E-state index contributed by atoms with van der Waals surface area (Å²) in [7, 11) is 1.56. The van der Waals surface area contributed by atoms with Gasteiger partial charge in [-0.15, -0.1) is 0 Å². The van der Waals surface area contributed by atoms with Crippen molar-refractivity contribution in [1.29, 1.82) is 0 Å². The van der Waals surface area contributed by atoms with Gasteiger partial charge in [0.15, 0.2) is 5.16 Å². The number of hydrogen-bond donors (Lipinski definition) is 1. The second-order valence-electron chi connectivity index (χ2n) is 6.35. The van der Waals surface area contributed by atoms with Crippen LogP contribution in [0.3, 0.4) is 0 Å². The maximum atomic E-state index is 12.8. The lowest BCUT2D eigenvalue weighted by Gasteiger charge is -2.13. The van der Waals surface area contributed by atoms with E-state index in [1.165, 1.54) is 11.8 Å². The highest BCUT2D eigenvalue weighted by molar-refractivity contribution is 7.99. The van der Waals surface area contributed by atoms with Crippen molar-refractivity contribution in [2.75, 3.05) is 18.2 Å². The molecular formula is C20H19N3O3S. The van der Waals surface area contributed by atoms with Crippen molar-refractivity contribution in [2.24, 2.45) is 0 Å². The molecule has 1 aliphatic rings. The molecule has 1 N–H and O–H groups in total. The molecular weight excluding hydrogens is 362 g/mol. The number of carbonyl (C=O) groups is 1. The number of rotatable bonds is 6. The van der Waals surface area contributed by atoms with Gasteiger partial charge < -0.3 is 10.1 Å². The zero-order valence-electron chi connectivity index (χ0n) is 14.8. The van der Waals surface area contributed by atoms with E-state index in [0.717, 1.165) is 12.8 Å². The predicted octanol–water partition coefficient (Wildman–Crippen LogP) is 3.47. The van der Waals surface area contributed by atoms with Crippen LogP contribution in [-0.2, 0) is 4.79 Å². The first-order chi connectivity index (χ1) is 13.2. The molecule has 0 unspecified atom stereocenters. The van der Waals surface area contributed by atoms with Crippen molar-refractivity contribution < 1.29 is 9.53 Å². The molecule has 0 radical (unpaired) electrons. The van der Waals surface area contributed by atoms with Crippen molar-refractivity contribution >= 4 is 34.3 Å². The average Bonchev–Trinajstić information content (AvgIpc) is 3.52. The predicted molar refractivity (Wildman–Crippen MR) is 107 cm³/mol. The Bertz CT molecular complexity index is 1060. The summed E-state index contributed by atoms with van der Waals surface area (Å²) in [6, 6.07) is 14.8. The minimum Gasteiger partial charge on any atom is -0.495 e. The van der Waals surface area contributed by atoms with Crippen molar-refractivity contribution in [3.05, 3.63) is 58.9 Å². The topological polar surface area (TPSA) is 73.2 Å². The Hall–Kier alpha value is -2.80. The van der Waals surface area contributed by atoms with Gasteiger partial charge in [0.2, 0.25) is 5.91 Å². The zero-order chi connectivity index (χ0) is 18.8. The van der Waals surface area contributed by atoms with E-state index >= 15 is 0 Å². The molecule has 0 spiro atoms. The maximum absolute atomic E-state index is 12.8. The van der Waals surface area contributed by atoms with Gasteiger partial charge in [-0.25, -0.2) is 4.98 Å². The summed E-state index contributed by atoms with van der Waals surface area (Å²) in [5.41, 5.74) is 1.25. The summed E-state index contributed by atoms with van der Waals surface area (Å²) in [4.78, 5) is 29.9. The summed E-state index contributed by atoms with van der Waals surface area (Å²) in [6.45, 7) is 0. The third-order valence-corrected chi connectivity index (χ3v) is 5.35. The van der Waals surface area contributed by atoms with Gasteiger partial charge >= 0.3 is 0 Å². The van der Waals surface area contributed by atoms with Crippen LogP contribution in [0.2, 0.25) is 0 Å². The van der Waals surface area contributed by atoms with Gasteiger partial charge in [-0.3, -0.25) is 14.2 Å². The van der Waals surface area contributed by atoms with E-state index in [9.17, 15) is 9.59 Å². The molecule has 1 aromatic heterocycles. The Labute approximate surface area is 160 Å². The minimum absolute atomic E-state index is 0.0317. The number of fused-ring (bicyclic) bond motifs is 1. The number of carbonyl (C=O) groups excluding carboxylic acids is 1. The molecule has 1 heterocycles. The maximum Gasteiger partial charge on any atom is 0.262 e. The van der Waals surface area contributed by atoms with Gasteiger partial charge in [-0.2, -0.15) is 0 Å². The molecule has 2 aromatic carbocycles. The van der Waals surface area contributed by atoms with Gasteiger partial charge in [0.1, 0.15) is 5.75 Å². The van der Waals surface area contributed by atoms with E-state index in [0.29, 0.717) is 27.5 Å². The van der Waals surface area contributed by atoms with Crippen LogP contribution in [0.4, 0.5) is 5.69 Å². The fraction of sp³-hybridized carbons (Fsp3) is 0.250. The lowest BCUT2D eigenvalue weighted by Crippen LogP contribution is -2.23. The first-order valence-corrected chi connectivity index (χ1v) is 9.73. The molecule has 0 aliphatic heterocycles. The van der Waals surface area contributed by atoms with E-state index < -0.39 is 0 Å². The number of ether oxygens (including phenoxy) is 1. The second-order valence-corrected chi connectivity index (χ2v) is 7.30. The third kappa shape index (κ3) is 3.68. The second kappa shape index (κ2) is 7.44. The summed E-state index contributed by atoms with van der Waals surface area (Å²) >= 11 is 1.28. The lowest BCUT2D eigenvalue weighted by molar-refractivity contribution is -0.113. The number of thioether (sulfide) groups is 1. The van der Waals surface area contributed by atoms with Crippen LogP contribution in [0.1, 0.15) is 18.9 Å². The van der Waals surface area contributed by atoms with E-state index in [4.69, 9.17) is 4.74 Å². The van der Waals surface area contributed by atoms with Crippen LogP contribution in [0.15, 0.2) is 58.5 Å². The molecule has 4 rings (SSSR count). The number of aromatic nitrogens is 2. The van der Waals surface area contributed by atoms with Gasteiger partial charge in [-0.05, 0) is 37.1 Å². The number of nitrogens with zero attached hydrogens (tertiary/aromatic N) is 2. The van der Waals surface area contributed by atoms with Gasteiger partial charge in [0.05, 0.1) is 29.5 Å². The molecule has 27 heavy (non-hydrogen) atoms. The molecule has 6 nitrogen and oxygen atoms in total. The largest absolute Gasteiger partial charge is 0.495 e. The molecule has 3 aromatic rings. The molecule has 138 valence electrons. The zero-order valence-corrected chi connectivity index (χ0v) is 15.7. The SMILES string of the molecule is COc1ccccc1NC(=O)CSc1nc2ccccc2c(=O)n1C1CC1. The monoisotopic (exact) mass is 381 g/mol. The summed E-state index contributed by atoms with van der Waals surface area (Å²) in [6.07, 6.45) is 1.95. The fourth-order valence-electron chi connectivity index (χ4n) is 2.95. The average molecular weight is 381 g/mol. The normalized spacial score (nSPS) is 13.5. The van der Waals surface area contributed by atoms with E-state index in [1.807, 2.05) is 30.3 Å². The highest BCUT2D eigenvalue weighted by Gasteiger charge is 2.28. The third-order valence-electron chi connectivity index (χ3n) is 4.40. The Morgan fingerprint density at radius 3 is 2.74 bits per heavy atom. The first kappa shape index (κ1) is 17.6. The molecule has 1 amide bonds. The first-order valence-electron chi connectivity index (χ1n) is 8.74. The van der Waals surface area contributed by atoms with E-state index in [2.05, 4.69) is 10.3 Å². The quantitative estimate of drug-likeness (QED) is 0.523. The van der Waals surface area contributed by atoms with Gasteiger partial charge in [-0.1, -0.05) is 36.0 Å².